The van der Waals surface area contributed by atoms with Crippen molar-refractivity contribution in [2.45, 2.75) is 30.8 Å². The van der Waals surface area contributed by atoms with Gasteiger partial charge in [-0.05, 0) is 44.0 Å². The lowest BCUT2D eigenvalue weighted by Crippen LogP contribution is -2.46. The summed E-state index contributed by atoms with van der Waals surface area (Å²) in [4.78, 5) is 3.98. The summed E-state index contributed by atoms with van der Waals surface area (Å²) in [5.41, 5.74) is 0.902. The van der Waals surface area contributed by atoms with Crippen molar-refractivity contribution in [1.29, 1.82) is 0 Å². The normalized spacial score (nSPS) is 21.2. The van der Waals surface area contributed by atoms with Crippen molar-refractivity contribution in [1.82, 2.24) is 14.6 Å². The Kier molecular flexibility index (Phi) is 3.99. The minimum Gasteiger partial charge on any atom is -0.315 e. The number of sulfonamides is 1. The van der Waals surface area contributed by atoms with Crippen LogP contribution in [0.4, 0.5) is 0 Å². The predicted octanol–water partition coefficient (Wildman–Crippen LogP) is 0.763. The Morgan fingerprint density at radius 3 is 2.89 bits per heavy atom. The Morgan fingerprint density at radius 1 is 1.50 bits per heavy atom. The van der Waals surface area contributed by atoms with Gasteiger partial charge in [0.1, 0.15) is 0 Å². The van der Waals surface area contributed by atoms with Crippen LogP contribution in [0.3, 0.4) is 0 Å². The summed E-state index contributed by atoms with van der Waals surface area (Å²) in [6.07, 6.45) is 3.44. The van der Waals surface area contributed by atoms with Crippen molar-refractivity contribution < 1.29 is 8.42 Å². The maximum Gasteiger partial charge on any atom is 0.260 e. The Labute approximate surface area is 108 Å². The molecule has 1 saturated heterocycles. The van der Waals surface area contributed by atoms with Gasteiger partial charge in [0.05, 0.1) is 0 Å². The number of rotatable bonds is 3. The molecule has 0 radical (unpaired) electrons. The summed E-state index contributed by atoms with van der Waals surface area (Å²) >= 11 is 0. The van der Waals surface area contributed by atoms with Gasteiger partial charge in [0.25, 0.3) is 10.0 Å². The highest BCUT2D eigenvalue weighted by molar-refractivity contribution is 7.89. The van der Waals surface area contributed by atoms with Gasteiger partial charge in [-0.1, -0.05) is 0 Å². The predicted molar refractivity (Wildman–Crippen MR) is 69.8 cm³/mol. The first kappa shape index (κ1) is 13.5. The van der Waals surface area contributed by atoms with Gasteiger partial charge in [-0.2, -0.15) is 4.31 Å². The van der Waals surface area contributed by atoms with Crippen molar-refractivity contribution in [2.75, 3.05) is 20.1 Å². The van der Waals surface area contributed by atoms with Crippen LogP contribution in [0.2, 0.25) is 0 Å². The summed E-state index contributed by atoms with van der Waals surface area (Å²) in [6, 6.07) is 3.43. The van der Waals surface area contributed by atoms with Gasteiger partial charge in [0.15, 0.2) is 5.03 Å². The second-order valence-corrected chi connectivity index (χ2v) is 6.64. The minimum absolute atomic E-state index is 0.0195. The van der Waals surface area contributed by atoms with E-state index in [1.165, 1.54) is 10.5 Å². The molecular formula is C12H19N3O2S. The van der Waals surface area contributed by atoms with Crippen molar-refractivity contribution >= 4 is 10.0 Å². The van der Waals surface area contributed by atoms with Crippen LogP contribution >= 0.6 is 0 Å². The standard InChI is InChI=1S/C12H19N3O2S/c1-10-5-7-14-12(8-10)18(16,17)15(2)11-4-3-6-13-9-11/h5,7-8,11,13H,3-4,6,9H2,1-2H3/t11-/m0/s1. The summed E-state index contributed by atoms with van der Waals surface area (Å²) in [6.45, 7) is 3.54. The van der Waals surface area contributed by atoms with Gasteiger partial charge in [-0.15, -0.1) is 0 Å². The number of aromatic nitrogens is 1. The lowest BCUT2D eigenvalue weighted by atomic mass is 10.1. The molecule has 18 heavy (non-hydrogen) atoms. The Balaban J connectivity index is 2.24. The molecule has 1 aromatic rings. The number of nitrogens with zero attached hydrogens (tertiary/aromatic N) is 2. The SMILES string of the molecule is Cc1ccnc(S(=O)(=O)N(C)[C@H]2CCCNC2)c1. The van der Waals surface area contributed by atoms with E-state index in [0.29, 0.717) is 6.54 Å². The van der Waals surface area contributed by atoms with E-state index in [-0.39, 0.29) is 11.1 Å². The van der Waals surface area contributed by atoms with Crippen molar-refractivity contribution in [3.8, 4) is 0 Å². The second-order valence-electron chi connectivity index (χ2n) is 4.69. The largest absolute Gasteiger partial charge is 0.315 e. The van der Waals surface area contributed by atoms with Crippen LogP contribution < -0.4 is 5.32 Å². The molecule has 0 bridgehead atoms. The molecule has 100 valence electrons. The van der Waals surface area contributed by atoms with Crippen LogP contribution in [0.5, 0.6) is 0 Å². The molecule has 0 spiro atoms. The molecule has 5 nitrogen and oxygen atoms in total. The van der Waals surface area contributed by atoms with Gasteiger partial charge < -0.3 is 5.32 Å². The van der Waals surface area contributed by atoms with E-state index < -0.39 is 10.0 Å². The molecule has 0 saturated carbocycles. The van der Waals surface area contributed by atoms with Crippen LogP contribution in [-0.2, 0) is 10.0 Å². The molecule has 1 aromatic heterocycles. The highest BCUT2D eigenvalue weighted by Crippen LogP contribution is 2.18. The average Bonchev–Trinajstić information content (AvgIpc) is 2.39. The number of hydrogen-bond acceptors (Lipinski definition) is 4. The summed E-state index contributed by atoms with van der Waals surface area (Å²) in [5, 5.41) is 3.36. The first-order valence-corrected chi connectivity index (χ1v) is 7.57. The summed E-state index contributed by atoms with van der Waals surface area (Å²) in [7, 11) is -1.84. The van der Waals surface area contributed by atoms with E-state index in [0.717, 1.165) is 24.9 Å². The van der Waals surface area contributed by atoms with Gasteiger partial charge in [0, 0.05) is 25.8 Å². The van der Waals surface area contributed by atoms with Crippen LogP contribution in [-0.4, -0.2) is 43.9 Å². The van der Waals surface area contributed by atoms with Gasteiger partial charge in [-0.25, -0.2) is 13.4 Å². The minimum atomic E-state index is -3.48. The second kappa shape index (κ2) is 5.34. The van der Waals surface area contributed by atoms with Crippen molar-refractivity contribution in [3.63, 3.8) is 0 Å². The molecule has 6 heteroatoms. The monoisotopic (exact) mass is 269 g/mol. The molecule has 2 heterocycles. The maximum absolute atomic E-state index is 12.4. The van der Waals surface area contributed by atoms with E-state index in [1.54, 1.807) is 19.2 Å². The molecule has 0 aliphatic carbocycles. The number of pyridine rings is 1. The van der Waals surface area contributed by atoms with E-state index in [4.69, 9.17) is 0 Å². The van der Waals surface area contributed by atoms with E-state index in [2.05, 4.69) is 10.3 Å². The molecule has 0 unspecified atom stereocenters. The zero-order valence-electron chi connectivity index (χ0n) is 10.8. The van der Waals surface area contributed by atoms with Gasteiger partial charge in [-0.3, -0.25) is 0 Å². The fourth-order valence-electron chi connectivity index (χ4n) is 2.14. The molecule has 1 aliphatic heterocycles. The van der Waals surface area contributed by atoms with Crippen LogP contribution in [0, 0.1) is 6.92 Å². The topological polar surface area (TPSA) is 62.3 Å². The third kappa shape index (κ3) is 2.71. The molecule has 1 fully saturated rings. The molecule has 0 aromatic carbocycles. The molecule has 1 atom stereocenters. The lowest BCUT2D eigenvalue weighted by molar-refractivity contribution is 0.299. The number of piperidine rings is 1. The first-order chi connectivity index (χ1) is 8.51. The summed E-state index contributed by atoms with van der Waals surface area (Å²) in [5.74, 6) is 0. The zero-order valence-corrected chi connectivity index (χ0v) is 11.6. The van der Waals surface area contributed by atoms with Gasteiger partial charge >= 0.3 is 0 Å². The highest BCUT2D eigenvalue weighted by Gasteiger charge is 2.29. The van der Waals surface area contributed by atoms with E-state index >= 15 is 0 Å². The Hall–Kier alpha value is -0.980. The lowest BCUT2D eigenvalue weighted by Gasteiger charge is -2.30. The van der Waals surface area contributed by atoms with Crippen LogP contribution in [0.1, 0.15) is 18.4 Å². The fourth-order valence-corrected chi connectivity index (χ4v) is 3.53. The first-order valence-electron chi connectivity index (χ1n) is 6.13. The smallest absolute Gasteiger partial charge is 0.260 e. The number of nitrogens with one attached hydrogen (secondary N) is 1. The summed E-state index contributed by atoms with van der Waals surface area (Å²) < 4.78 is 26.3. The van der Waals surface area contributed by atoms with Crippen LogP contribution in [0.25, 0.3) is 0 Å². The number of hydrogen-bond donors (Lipinski definition) is 1. The molecular weight excluding hydrogens is 250 g/mol. The van der Waals surface area contributed by atoms with Crippen molar-refractivity contribution in [3.05, 3.63) is 23.9 Å². The van der Waals surface area contributed by atoms with Crippen molar-refractivity contribution in [2.24, 2.45) is 0 Å². The molecule has 0 amide bonds. The number of aryl methyl sites for hydroxylation is 1. The van der Waals surface area contributed by atoms with E-state index in [1.807, 2.05) is 6.92 Å². The number of likely N-dealkylation sites (N-methyl/N-ethyl adjacent to an activating group) is 1. The van der Waals surface area contributed by atoms with Crippen LogP contribution in [0.15, 0.2) is 23.4 Å². The Bertz CT molecular complexity index is 510. The third-order valence-electron chi connectivity index (χ3n) is 3.32. The average molecular weight is 269 g/mol. The molecule has 1 N–H and O–H groups in total. The Morgan fingerprint density at radius 2 is 2.28 bits per heavy atom. The fraction of sp³-hybridized carbons (Fsp3) is 0.583. The molecule has 2 rings (SSSR count). The zero-order chi connectivity index (χ0) is 13.2. The molecule has 1 aliphatic rings. The highest BCUT2D eigenvalue weighted by atomic mass is 32.2. The quantitative estimate of drug-likeness (QED) is 0.880. The van der Waals surface area contributed by atoms with Gasteiger partial charge in [0.2, 0.25) is 0 Å². The maximum atomic E-state index is 12.4. The third-order valence-corrected chi connectivity index (χ3v) is 5.13. The van der Waals surface area contributed by atoms with E-state index in [9.17, 15) is 8.42 Å².